The molecule has 1 rings (SSSR count). The number of aryl methyl sites for hydroxylation is 1. The van der Waals surface area contributed by atoms with Gasteiger partial charge in [0.25, 0.3) is 0 Å². The summed E-state index contributed by atoms with van der Waals surface area (Å²) >= 11 is 0. The van der Waals surface area contributed by atoms with Gasteiger partial charge < -0.3 is 20.5 Å². The number of carbonyl (C=O) groups excluding carboxylic acids is 2. The lowest BCUT2D eigenvalue weighted by Gasteiger charge is -2.13. The Bertz CT molecular complexity index is 517. The smallest absolute Gasteiger partial charge is 0.326 e. The zero-order chi connectivity index (χ0) is 15.8. The second-order valence-electron chi connectivity index (χ2n) is 4.15. The summed E-state index contributed by atoms with van der Waals surface area (Å²) in [5.74, 6) is -2.06. The van der Waals surface area contributed by atoms with Gasteiger partial charge >= 0.3 is 18.0 Å². The Balaban J connectivity index is 2.48. The minimum absolute atomic E-state index is 0.0870. The number of nitrogens with one attached hydrogen (secondary N) is 2. The molecule has 0 aliphatic rings. The largest absolute Gasteiger partial charge is 0.480 e. The molecule has 2 amide bonds. The van der Waals surface area contributed by atoms with Gasteiger partial charge in [0.05, 0.1) is 37.7 Å². The van der Waals surface area contributed by atoms with Crippen molar-refractivity contribution in [2.45, 2.75) is 25.9 Å². The lowest BCUT2D eigenvalue weighted by Crippen LogP contribution is -2.46. The molecule has 0 radical (unpaired) electrons. The van der Waals surface area contributed by atoms with Gasteiger partial charge in [-0.25, -0.2) is 9.59 Å². The van der Waals surface area contributed by atoms with E-state index in [1.54, 1.807) is 13.1 Å². The maximum atomic E-state index is 11.6. The van der Waals surface area contributed by atoms with Crippen LogP contribution in [-0.4, -0.2) is 46.2 Å². The van der Waals surface area contributed by atoms with Crippen molar-refractivity contribution in [3.8, 4) is 0 Å². The van der Waals surface area contributed by atoms with Crippen LogP contribution in [0.2, 0.25) is 0 Å². The highest BCUT2D eigenvalue weighted by Crippen LogP contribution is 1.96. The van der Waals surface area contributed by atoms with Crippen molar-refractivity contribution in [3.05, 3.63) is 23.8 Å². The molecule has 1 heterocycles. The highest BCUT2D eigenvalue weighted by Gasteiger charge is 2.23. The Labute approximate surface area is 120 Å². The maximum Gasteiger partial charge on any atom is 0.326 e. The second kappa shape index (κ2) is 7.78. The molecule has 21 heavy (non-hydrogen) atoms. The van der Waals surface area contributed by atoms with Crippen LogP contribution in [0.4, 0.5) is 4.79 Å². The summed E-state index contributed by atoms with van der Waals surface area (Å²) in [5.41, 5.74) is 1.27. The van der Waals surface area contributed by atoms with Gasteiger partial charge in [0.2, 0.25) is 0 Å². The van der Waals surface area contributed by atoms with E-state index in [0.29, 0.717) is 5.69 Å². The second-order valence-corrected chi connectivity index (χ2v) is 4.15. The number of carboxylic acid groups (broad SMARTS) is 1. The van der Waals surface area contributed by atoms with Crippen LogP contribution in [0.3, 0.4) is 0 Å². The van der Waals surface area contributed by atoms with Crippen LogP contribution in [0.25, 0.3) is 0 Å². The van der Waals surface area contributed by atoms with Gasteiger partial charge in [-0.3, -0.25) is 14.8 Å². The third-order valence-corrected chi connectivity index (χ3v) is 2.47. The number of carbonyl (C=O) groups is 3. The quantitative estimate of drug-likeness (QED) is 0.609. The number of methoxy groups -OCH3 is 1. The van der Waals surface area contributed by atoms with Crippen molar-refractivity contribution in [2.75, 3.05) is 7.11 Å². The minimum Gasteiger partial charge on any atom is -0.480 e. The van der Waals surface area contributed by atoms with Gasteiger partial charge in [-0.05, 0) is 6.92 Å². The fourth-order valence-corrected chi connectivity index (χ4v) is 1.34. The Hall–Kier alpha value is -2.71. The van der Waals surface area contributed by atoms with E-state index < -0.39 is 30.4 Å². The van der Waals surface area contributed by atoms with Crippen LogP contribution in [0.15, 0.2) is 12.4 Å². The average Bonchev–Trinajstić information content (AvgIpc) is 2.45. The van der Waals surface area contributed by atoms with Crippen LogP contribution in [0.1, 0.15) is 17.8 Å². The number of aliphatic carboxylic acids is 1. The molecule has 0 fully saturated rings. The number of amides is 2. The molecule has 0 aromatic carbocycles. The van der Waals surface area contributed by atoms with Crippen molar-refractivity contribution in [3.63, 3.8) is 0 Å². The molecular weight excluding hydrogens is 280 g/mol. The highest BCUT2D eigenvalue weighted by atomic mass is 16.5. The molecule has 9 nitrogen and oxygen atoms in total. The normalized spacial score (nSPS) is 11.3. The fraction of sp³-hybridized carbons (Fsp3) is 0.417. The molecule has 1 aromatic heterocycles. The summed E-state index contributed by atoms with van der Waals surface area (Å²) < 4.78 is 4.36. The first-order valence-corrected chi connectivity index (χ1v) is 6.04. The molecule has 0 saturated heterocycles. The third-order valence-electron chi connectivity index (χ3n) is 2.47. The zero-order valence-electron chi connectivity index (χ0n) is 11.6. The number of urea groups is 1. The molecule has 0 saturated carbocycles. The van der Waals surface area contributed by atoms with Crippen LogP contribution < -0.4 is 10.6 Å². The number of rotatable bonds is 6. The molecular formula is C12H16N4O5. The summed E-state index contributed by atoms with van der Waals surface area (Å²) in [7, 11) is 1.14. The van der Waals surface area contributed by atoms with Crippen molar-refractivity contribution < 1.29 is 24.2 Å². The number of aromatic nitrogens is 2. The summed E-state index contributed by atoms with van der Waals surface area (Å²) in [6.45, 7) is 1.87. The van der Waals surface area contributed by atoms with Crippen LogP contribution in [0.5, 0.6) is 0 Å². The highest BCUT2D eigenvalue weighted by molar-refractivity contribution is 5.86. The summed E-state index contributed by atoms with van der Waals surface area (Å²) in [5, 5.41) is 13.5. The SMILES string of the molecule is COC(=O)C[C@H](NC(=O)NCc1cnc(C)cn1)C(=O)O. The van der Waals surface area contributed by atoms with E-state index in [2.05, 4.69) is 25.3 Å². The number of hydrogen-bond acceptors (Lipinski definition) is 6. The lowest BCUT2D eigenvalue weighted by molar-refractivity contribution is -0.147. The number of carboxylic acids is 1. The van der Waals surface area contributed by atoms with Gasteiger partial charge in [0, 0.05) is 6.20 Å². The molecule has 0 spiro atoms. The van der Waals surface area contributed by atoms with E-state index in [-0.39, 0.29) is 6.54 Å². The maximum absolute atomic E-state index is 11.6. The first-order chi connectivity index (χ1) is 9.92. The van der Waals surface area contributed by atoms with Crippen LogP contribution >= 0.6 is 0 Å². The number of hydrogen-bond donors (Lipinski definition) is 3. The van der Waals surface area contributed by atoms with E-state index >= 15 is 0 Å². The third kappa shape index (κ3) is 5.85. The fourth-order valence-electron chi connectivity index (χ4n) is 1.34. The van der Waals surface area contributed by atoms with Gasteiger partial charge in [-0.15, -0.1) is 0 Å². The van der Waals surface area contributed by atoms with Crippen LogP contribution in [-0.2, 0) is 20.9 Å². The predicted molar refractivity (Wildman–Crippen MR) is 70.2 cm³/mol. The molecule has 1 aromatic rings. The van der Waals surface area contributed by atoms with Crippen molar-refractivity contribution in [2.24, 2.45) is 0 Å². The molecule has 0 bridgehead atoms. The van der Waals surface area contributed by atoms with Gasteiger partial charge in [0.1, 0.15) is 6.04 Å². The topological polar surface area (TPSA) is 131 Å². The standard InChI is InChI=1S/C12H16N4O5/c1-7-4-14-8(5-13-7)6-15-12(20)16-9(11(18)19)3-10(17)21-2/h4-5,9H,3,6H2,1-2H3,(H,18,19)(H2,15,16,20)/t9-/m0/s1. The number of ether oxygens (including phenoxy) is 1. The van der Waals surface area contributed by atoms with E-state index in [0.717, 1.165) is 12.8 Å². The average molecular weight is 296 g/mol. The predicted octanol–water partition coefficient (Wildman–Crippen LogP) is -0.399. The number of nitrogens with zero attached hydrogens (tertiary/aromatic N) is 2. The zero-order valence-corrected chi connectivity index (χ0v) is 11.6. The van der Waals surface area contributed by atoms with E-state index in [1.165, 1.54) is 6.20 Å². The molecule has 3 N–H and O–H groups in total. The van der Waals surface area contributed by atoms with Gasteiger partial charge in [0.15, 0.2) is 0 Å². The summed E-state index contributed by atoms with van der Waals surface area (Å²) in [6, 6.07) is -2.09. The Morgan fingerprint density at radius 1 is 1.33 bits per heavy atom. The lowest BCUT2D eigenvalue weighted by atomic mass is 10.2. The van der Waals surface area contributed by atoms with Crippen LogP contribution in [0, 0.1) is 6.92 Å². The monoisotopic (exact) mass is 296 g/mol. The summed E-state index contributed by atoms with van der Waals surface area (Å²) in [6.07, 6.45) is 2.59. The van der Waals surface area contributed by atoms with Crippen molar-refractivity contribution in [1.82, 2.24) is 20.6 Å². The minimum atomic E-state index is -1.36. The molecule has 9 heteroatoms. The van der Waals surface area contributed by atoms with Gasteiger partial charge in [-0.2, -0.15) is 0 Å². The first-order valence-electron chi connectivity index (χ1n) is 6.04. The number of esters is 1. The Morgan fingerprint density at radius 3 is 2.57 bits per heavy atom. The first kappa shape index (κ1) is 16.3. The molecule has 0 aliphatic heterocycles. The van der Waals surface area contributed by atoms with Gasteiger partial charge in [-0.1, -0.05) is 0 Å². The molecule has 114 valence electrons. The van der Waals surface area contributed by atoms with E-state index in [9.17, 15) is 14.4 Å². The molecule has 0 aliphatic carbocycles. The molecule has 0 unspecified atom stereocenters. The summed E-state index contributed by atoms with van der Waals surface area (Å²) in [4.78, 5) is 41.6. The van der Waals surface area contributed by atoms with Crippen molar-refractivity contribution >= 4 is 18.0 Å². The van der Waals surface area contributed by atoms with Crippen molar-refractivity contribution in [1.29, 1.82) is 0 Å². The van der Waals surface area contributed by atoms with E-state index in [1.807, 2.05) is 0 Å². The Morgan fingerprint density at radius 2 is 2.05 bits per heavy atom. The van der Waals surface area contributed by atoms with E-state index in [4.69, 9.17) is 5.11 Å². The Kier molecular flexibility index (Phi) is 6.05. The molecule has 1 atom stereocenters.